The molecule has 1 aromatic rings. The Morgan fingerprint density at radius 2 is 2.10 bits per heavy atom. The number of anilines is 1. The lowest BCUT2D eigenvalue weighted by Gasteiger charge is -2.19. The molecule has 0 bridgehead atoms. The first-order valence-electron chi connectivity index (χ1n) is 6.30. The van der Waals surface area contributed by atoms with Gasteiger partial charge in [-0.05, 0) is 29.7 Å². The molecule has 114 valence electrons. The third-order valence-electron chi connectivity index (χ3n) is 3.34. The van der Waals surface area contributed by atoms with Gasteiger partial charge in [-0.25, -0.2) is 8.42 Å². The second kappa shape index (κ2) is 5.82. The predicted molar refractivity (Wildman–Crippen MR) is 79.8 cm³/mol. The number of benzene rings is 1. The van der Waals surface area contributed by atoms with Gasteiger partial charge < -0.3 is 4.74 Å². The van der Waals surface area contributed by atoms with Gasteiger partial charge in [0.05, 0.1) is 24.4 Å². The van der Waals surface area contributed by atoms with Gasteiger partial charge in [0, 0.05) is 13.1 Å². The van der Waals surface area contributed by atoms with Crippen LogP contribution in [-0.2, 0) is 14.8 Å². The molecule has 0 saturated heterocycles. The molecule has 8 heteroatoms. The second-order valence-corrected chi connectivity index (χ2v) is 6.76. The van der Waals surface area contributed by atoms with Gasteiger partial charge in [0.15, 0.2) is 0 Å². The van der Waals surface area contributed by atoms with Gasteiger partial charge in [0.25, 0.3) is 5.69 Å². The van der Waals surface area contributed by atoms with Gasteiger partial charge in [0.2, 0.25) is 10.0 Å². The summed E-state index contributed by atoms with van der Waals surface area (Å²) in [5.41, 5.74) is 1.60. The van der Waals surface area contributed by atoms with Crippen LogP contribution < -0.4 is 4.31 Å². The highest BCUT2D eigenvalue weighted by Gasteiger charge is 2.23. The fourth-order valence-corrected chi connectivity index (χ4v) is 2.60. The molecule has 0 unspecified atom stereocenters. The Balaban J connectivity index is 2.54. The number of rotatable bonds is 4. The van der Waals surface area contributed by atoms with Crippen molar-refractivity contribution in [1.29, 1.82) is 0 Å². The lowest BCUT2D eigenvalue weighted by atomic mass is 10.0. The Morgan fingerprint density at radius 1 is 1.38 bits per heavy atom. The number of hydrogen-bond acceptors (Lipinski definition) is 5. The maximum atomic E-state index is 11.7. The van der Waals surface area contributed by atoms with Gasteiger partial charge in [-0.15, -0.1) is 0 Å². The van der Waals surface area contributed by atoms with Crippen LogP contribution in [0, 0.1) is 10.1 Å². The summed E-state index contributed by atoms with van der Waals surface area (Å²) >= 11 is 0. The Kier molecular flexibility index (Phi) is 4.29. The Bertz CT molecular complexity index is 697. The Hall–Kier alpha value is -1.93. The normalized spacial score (nSPS) is 15.4. The summed E-state index contributed by atoms with van der Waals surface area (Å²) in [5.74, 6) is 0. The van der Waals surface area contributed by atoms with E-state index in [0.717, 1.165) is 21.7 Å². The van der Waals surface area contributed by atoms with E-state index in [0.29, 0.717) is 19.6 Å². The maximum Gasteiger partial charge on any atom is 0.293 e. The Morgan fingerprint density at radius 3 is 2.62 bits per heavy atom. The predicted octanol–water partition coefficient (Wildman–Crippen LogP) is 1.79. The molecule has 1 aliphatic heterocycles. The Labute approximate surface area is 123 Å². The minimum Gasteiger partial charge on any atom is -0.377 e. The van der Waals surface area contributed by atoms with Crippen LogP contribution in [-0.4, -0.2) is 39.9 Å². The maximum absolute atomic E-state index is 11.7. The molecule has 0 fully saturated rings. The van der Waals surface area contributed by atoms with Crippen molar-refractivity contribution in [3.05, 3.63) is 40.0 Å². The quantitative estimate of drug-likeness (QED) is 0.624. The van der Waals surface area contributed by atoms with Crippen molar-refractivity contribution in [3.8, 4) is 0 Å². The number of sulfonamides is 1. The molecule has 7 nitrogen and oxygen atoms in total. The van der Waals surface area contributed by atoms with Crippen molar-refractivity contribution in [3.63, 3.8) is 0 Å². The van der Waals surface area contributed by atoms with Crippen LogP contribution >= 0.6 is 0 Å². The van der Waals surface area contributed by atoms with Crippen LogP contribution in [0.4, 0.5) is 11.4 Å². The summed E-state index contributed by atoms with van der Waals surface area (Å²) in [7, 11) is -2.27. The number of nitro groups is 1. The van der Waals surface area contributed by atoms with Gasteiger partial charge in [-0.2, -0.15) is 0 Å². The van der Waals surface area contributed by atoms with Crippen LogP contribution in [0.15, 0.2) is 24.3 Å². The van der Waals surface area contributed by atoms with Gasteiger partial charge in [-0.3, -0.25) is 14.4 Å². The molecule has 0 radical (unpaired) electrons. The molecule has 2 rings (SSSR count). The van der Waals surface area contributed by atoms with Crippen LogP contribution in [0.1, 0.15) is 12.0 Å². The van der Waals surface area contributed by atoms with E-state index in [1.165, 1.54) is 19.2 Å². The third kappa shape index (κ3) is 3.40. The summed E-state index contributed by atoms with van der Waals surface area (Å²) < 4.78 is 29.5. The molecule has 0 aromatic heterocycles. The zero-order valence-electron chi connectivity index (χ0n) is 11.8. The lowest BCUT2D eigenvalue weighted by molar-refractivity contribution is -0.384. The largest absolute Gasteiger partial charge is 0.377 e. The minimum absolute atomic E-state index is 0.0624. The van der Waals surface area contributed by atoms with Crippen molar-refractivity contribution >= 4 is 27.0 Å². The molecule has 0 N–H and O–H groups in total. The van der Waals surface area contributed by atoms with E-state index >= 15 is 0 Å². The zero-order valence-corrected chi connectivity index (χ0v) is 12.6. The molecule has 1 heterocycles. The van der Waals surface area contributed by atoms with E-state index in [4.69, 9.17) is 4.74 Å². The molecule has 0 atom stereocenters. The highest BCUT2D eigenvalue weighted by molar-refractivity contribution is 7.92. The molecule has 1 aromatic carbocycles. The van der Waals surface area contributed by atoms with Crippen LogP contribution in [0.2, 0.25) is 0 Å². The number of hydrogen-bond donors (Lipinski definition) is 0. The van der Waals surface area contributed by atoms with Crippen molar-refractivity contribution < 1.29 is 18.1 Å². The first-order chi connectivity index (χ1) is 9.80. The monoisotopic (exact) mass is 312 g/mol. The van der Waals surface area contributed by atoms with E-state index in [1.54, 1.807) is 6.07 Å². The topological polar surface area (TPSA) is 89.8 Å². The van der Waals surface area contributed by atoms with E-state index in [1.807, 2.05) is 6.08 Å². The molecular weight excluding hydrogens is 296 g/mol. The van der Waals surface area contributed by atoms with E-state index in [9.17, 15) is 18.5 Å². The molecule has 1 aliphatic rings. The number of nitrogens with zero attached hydrogens (tertiary/aromatic N) is 2. The summed E-state index contributed by atoms with van der Waals surface area (Å²) in [4.78, 5) is 10.5. The summed E-state index contributed by atoms with van der Waals surface area (Å²) in [5, 5.41) is 11.1. The highest BCUT2D eigenvalue weighted by atomic mass is 32.2. The van der Waals surface area contributed by atoms with Crippen LogP contribution in [0.5, 0.6) is 0 Å². The lowest BCUT2D eigenvalue weighted by Crippen LogP contribution is -2.25. The van der Waals surface area contributed by atoms with Gasteiger partial charge >= 0.3 is 0 Å². The molecular formula is C13H16N2O5S. The molecule has 0 aliphatic carbocycles. The second-order valence-electron chi connectivity index (χ2n) is 4.75. The summed E-state index contributed by atoms with van der Waals surface area (Å²) in [6, 6.07) is 4.51. The standard InChI is InChI=1S/C13H16N2O5S/c1-14(21(2,18)19)13-9-11(3-4-12(13)15(16)17)10-5-7-20-8-6-10/h3-5,9H,6-8H2,1-2H3. The minimum atomic E-state index is -3.57. The average Bonchev–Trinajstić information content (AvgIpc) is 2.45. The highest BCUT2D eigenvalue weighted by Crippen LogP contribution is 2.33. The van der Waals surface area contributed by atoms with E-state index in [2.05, 4.69) is 0 Å². The van der Waals surface area contributed by atoms with E-state index in [-0.39, 0.29) is 11.4 Å². The first kappa shape index (κ1) is 15.5. The van der Waals surface area contributed by atoms with Crippen molar-refractivity contribution in [1.82, 2.24) is 0 Å². The van der Waals surface area contributed by atoms with Crippen LogP contribution in [0.3, 0.4) is 0 Å². The SMILES string of the molecule is CN(c1cc(C2=CCOCC2)ccc1[N+](=O)[O-])S(C)(=O)=O. The van der Waals surface area contributed by atoms with E-state index < -0.39 is 14.9 Å². The number of nitro benzene ring substituents is 1. The van der Waals surface area contributed by atoms with Gasteiger partial charge in [0.1, 0.15) is 5.69 Å². The molecule has 21 heavy (non-hydrogen) atoms. The van der Waals surface area contributed by atoms with Crippen molar-refractivity contribution in [2.45, 2.75) is 6.42 Å². The zero-order chi connectivity index (χ0) is 15.6. The third-order valence-corrected chi connectivity index (χ3v) is 4.53. The number of ether oxygens (including phenoxy) is 1. The molecule has 0 saturated carbocycles. The first-order valence-corrected chi connectivity index (χ1v) is 8.15. The summed E-state index contributed by atoms with van der Waals surface area (Å²) in [6.07, 6.45) is 3.60. The molecule has 0 amide bonds. The average molecular weight is 312 g/mol. The fourth-order valence-electron chi connectivity index (χ4n) is 2.10. The van der Waals surface area contributed by atoms with Gasteiger partial charge in [-0.1, -0.05) is 6.08 Å². The smallest absolute Gasteiger partial charge is 0.293 e. The van der Waals surface area contributed by atoms with Crippen molar-refractivity contribution in [2.75, 3.05) is 30.8 Å². The fraction of sp³-hybridized carbons (Fsp3) is 0.385. The van der Waals surface area contributed by atoms with Crippen LogP contribution in [0.25, 0.3) is 5.57 Å². The van der Waals surface area contributed by atoms with Crippen molar-refractivity contribution in [2.24, 2.45) is 0 Å². The summed E-state index contributed by atoms with van der Waals surface area (Å²) in [6.45, 7) is 1.07. The molecule has 0 spiro atoms.